The van der Waals surface area contributed by atoms with Gasteiger partial charge in [0.2, 0.25) is 0 Å². The van der Waals surface area contributed by atoms with Crippen molar-refractivity contribution >= 4 is 21.8 Å². The SMILES string of the molecule is CCN(C(=O)c1c(F)cc(Br)cc1F)C(C)CN(C)C. The van der Waals surface area contributed by atoms with E-state index in [4.69, 9.17) is 0 Å². The molecule has 1 amide bonds. The predicted molar refractivity (Wildman–Crippen MR) is 78.8 cm³/mol. The van der Waals surface area contributed by atoms with Gasteiger partial charge in [0, 0.05) is 23.6 Å². The Balaban J connectivity index is 3.09. The highest BCUT2D eigenvalue weighted by Crippen LogP contribution is 2.21. The van der Waals surface area contributed by atoms with Crippen molar-refractivity contribution in [2.24, 2.45) is 0 Å². The van der Waals surface area contributed by atoms with Crippen LogP contribution in [0.4, 0.5) is 8.78 Å². The van der Waals surface area contributed by atoms with Gasteiger partial charge in [-0.2, -0.15) is 0 Å². The molecule has 0 saturated carbocycles. The van der Waals surface area contributed by atoms with Crippen molar-refractivity contribution in [1.82, 2.24) is 9.80 Å². The molecule has 1 aromatic carbocycles. The fraction of sp³-hybridized carbons (Fsp3) is 0.500. The molecule has 20 heavy (non-hydrogen) atoms. The first-order valence-electron chi connectivity index (χ1n) is 6.38. The van der Waals surface area contributed by atoms with Gasteiger partial charge >= 0.3 is 0 Å². The number of likely N-dealkylation sites (N-methyl/N-ethyl adjacent to an activating group) is 2. The summed E-state index contributed by atoms with van der Waals surface area (Å²) in [6, 6.07) is 2.06. The van der Waals surface area contributed by atoms with E-state index < -0.39 is 23.1 Å². The minimum atomic E-state index is -0.850. The second-order valence-electron chi connectivity index (χ2n) is 4.95. The summed E-state index contributed by atoms with van der Waals surface area (Å²) in [6.07, 6.45) is 0. The van der Waals surface area contributed by atoms with Crippen molar-refractivity contribution in [3.05, 3.63) is 33.8 Å². The average Bonchev–Trinajstić information content (AvgIpc) is 2.26. The molecule has 1 rings (SSSR count). The van der Waals surface area contributed by atoms with E-state index in [9.17, 15) is 13.6 Å². The highest BCUT2D eigenvalue weighted by molar-refractivity contribution is 9.10. The minimum absolute atomic E-state index is 0.134. The van der Waals surface area contributed by atoms with Crippen LogP contribution < -0.4 is 0 Å². The van der Waals surface area contributed by atoms with Crippen LogP contribution in [0.5, 0.6) is 0 Å². The highest BCUT2D eigenvalue weighted by atomic mass is 79.9. The van der Waals surface area contributed by atoms with Crippen molar-refractivity contribution in [2.45, 2.75) is 19.9 Å². The summed E-state index contributed by atoms with van der Waals surface area (Å²) in [6.45, 7) is 4.66. The lowest BCUT2D eigenvalue weighted by Gasteiger charge is -2.30. The first kappa shape index (κ1) is 17.0. The fourth-order valence-electron chi connectivity index (χ4n) is 2.17. The third-order valence-electron chi connectivity index (χ3n) is 2.98. The van der Waals surface area contributed by atoms with E-state index in [1.807, 2.05) is 25.9 Å². The van der Waals surface area contributed by atoms with Gasteiger partial charge in [-0.1, -0.05) is 15.9 Å². The van der Waals surface area contributed by atoms with Gasteiger partial charge in [0.05, 0.1) is 0 Å². The monoisotopic (exact) mass is 348 g/mol. The molecule has 0 spiro atoms. The van der Waals surface area contributed by atoms with Crippen LogP contribution in [0.3, 0.4) is 0 Å². The average molecular weight is 349 g/mol. The Morgan fingerprint density at radius 1 is 1.30 bits per heavy atom. The number of hydrogen-bond acceptors (Lipinski definition) is 2. The lowest BCUT2D eigenvalue weighted by Crippen LogP contribution is -2.44. The molecule has 6 heteroatoms. The fourth-order valence-corrected chi connectivity index (χ4v) is 2.57. The van der Waals surface area contributed by atoms with Crippen LogP contribution in [0.2, 0.25) is 0 Å². The van der Waals surface area contributed by atoms with Gasteiger partial charge in [-0.3, -0.25) is 4.79 Å². The molecule has 0 fully saturated rings. The standard InChI is InChI=1S/C14H19BrF2N2O/c1-5-19(9(2)8-18(3)4)14(20)13-11(16)6-10(15)7-12(13)17/h6-7,9H,5,8H2,1-4H3. The zero-order valence-electron chi connectivity index (χ0n) is 12.1. The van der Waals surface area contributed by atoms with E-state index in [-0.39, 0.29) is 10.5 Å². The Morgan fingerprint density at radius 2 is 1.80 bits per heavy atom. The van der Waals surface area contributed by atoms with Crippen molar-refractivity contribution in [2.75, 3.05) is 27.2 Å². The summed E-state index contributed by atoms with van der Waals surface area (Å²) in [5, 5.41) is 0. The quantitative estimate of drug-likeness (QED) is 0.816. The van der Waals surface area contributed by atoms with Gasteiger partial charge in [0.1, 0.15) is 17.2 Å². The van der Waals surface area contributed by atoms with E-state index >= 15 is 0 Å². The highest BCUT2D eigenvalue weighted by Gasteiger charge is 2.26. The molecular formula is C14H19BrF2N2O. The van der Waals surface area contributed by atoms with E-state index in [0.29, 0.717) is 13.1 Å². The summed E-state index contributed by atoms with van der Waals surface area (Å²) in [5.41, 5.74) is -0.499. The first-order chi connectivity index (χ1) is 9.27. The van der Waals surface area contributed by atoms with Gasteiger partial charge < -0.3 is 9.80 Å². The molecule has 0 N–H and O–H groups in total. The second-order valence-corrected chi connectivity index (χ2v) is 5.86. The molecule has 1 aromatic rings. The number of carbonyl (C=O) groups is 1. The van der Waals surface area contributed by atoms with E-state index in [1.165, 1.54) is 4.90 Å². The molecule has 112 valence electrons. The third kappa shape index (κ3) is 3.99. The van der Waals surface area contributed by atoms with Crippen LogP contribution in [0.1, 0.15) is 24.2 Å². The van der Waals surface area contributed by atoms with E-state index in [0.717, 1.165) is 12.1 Å². The summed E-state index contributed by atoms with van der Waals surface area (Å²) in [5.74, 6) is -2.32. The topological polar surface area (TPSA) is 23.6 Å². The van der Waals surface area contributed by atoms with Crippen LogP contribution in [-0.2, 0) is 0 Å². The molecular weight excluding hydrogens is 330 g/mol. The largest absolute Gasteiger partial charge is 0.335 e. The maximum Gasteiger partial charge on any atom is 0.260 e. The van der Waals surface area contributed by atoms with Crippen LogP contribution in [0.15, 0.2) is 16.6 Å². The first-order valence-corrected chi connectivity index (χ1v) is 7.17. The van der Waals surface area contributed by atoms with Crippen molar-refractivity contribution in [1.29, 1.82) is 0 Å². The van der Waals surface area contributed by atoms with Crippen molar-refractivity contribution < 1.29 is 13.6 Å². The number of rotatable bonds is 5. The molecule has 0 saturated heterocycles. The number of nitrogens with zero attached hydrogens (tertiary/aromatic N) is 2. The van der Waals surface area contributed by atoms with Crippen molar-refractivity contribution in [3.63, 3.8) is 0 Å². The van der Waals surface area contributed by atoms with E-state index in [1.54, 1.807) is 6.92 Å². The number of halogens is 3. The summed E-state index contributed by atoms with van der Waals surface area (Å²) < 4.78 is 28.0. The smallest absolute Gasteiger partial charge is 0.260 e. The Labute approximate surface area is 126 Å². The zero-order chi connectivity index (χ0) is 15.4. The molecule has 0 aliphatic carbocycles. The molecule has 0 heterocycles. The lowest BCUT2D eigenvalue weighted by molar-refractivity contribution is 0.0669. The molecule has 0 bridgehead atoms. The maximum atomic E-state index is 13.9. The Kier molecular flexibility index (Phi) is 6.07. The summed E-state index contributed by atoms with van der Waals surface area (Å²) in [4.78, 5) is 15.8. The van der Waals surface area contributed by atoms with Crippen molar-refractivity contribution in [3.8, 4) is 0 Å². The minimum Gasteiger partial charge on any atom is -0.335 e. The Hall–Kier alpha value is -1.01. The van der Waals surface area contributed by atoms with Crippen LogP contribution >= 0.6 is 15.9 Å². The van der Waals surface area contributed by atoms with Gasteiger partial charge in [-0.15, -0.1) is 0 Å². The molecule has 3 nitrogen and oxygen atoms in total. The second kappa shape index (κ2) is 7.13. The zero-order valence-corrected chi connectivity index (χ0v) is 13.7. The summed E-state index contributed by atoms with van der Waals surface area (Å²) >= 11 is 3.00. The van der Waals surface area contributed by atoms with Crippen LogP contribution in [0.25, 0.3) is 0 Å². The third-order valence-corrected chi connectivity index (χ3v) is 3.44. The normalized spacial score (nSPS) is 12.6. The summed E-state index contributed by atoms with van der Waals surface area (Å²) in [7, 11) is 3.77. The molecule has 0 aliphatic heterocycles. The molecule has 1 unspecified atom stereocenters. The Morgan fingerprint density at radius 3 is 2.20 bits per heavy atom. The molecule has 1 atom stereocenters. The predicted octanol–water partition coefficient (Wildman–Crippen LogP) is 3.14. The van der Waals surface area contributed by atoms with E-state index in [2.05, 4.69) is 15.9 Å². The van der Waals surface area contributed by atoms with Gasteiger partial charge in [0.25, 0.3) is 5.91 Å². The van der Waals surface area contributed by atoms with Crippen LogP contribution in [0, 0.1) is 11.6 Å². The van der Waals surface area contributed by atoms with Gasteiger partial charge in [-0.05, 0) is 40.1 Å². The Bertz CT molecular complexity index is 471. The van der Waals surface area contributed by atoms with Gasteiger partial charge in [-0.25, -0.2) is 8.78 Å². The number of carbonyl (C=O) groups excluding carboxylic acids is 1. The maximum absolute atomic E-state index is 13.9. The lowest BCUT2D eigenvalue weighted by atomic mass is 10.1. The number of benzene rings is 1. The number of hydrogen-bond donors (Lipinski definition) is 0. The van der Waals surface area contributed by atoms with Crippen LogP contribution in [-0.4, -0.2) is 48.9 Å². The van der Waals surface area contributed by atoms with Gasteiger partial charge in [0.15, 0.2) is 0 Å². The molecule has 0 radical (unpaired) electrons. The molecule has 0 aliphatic rings. The number of amides is 1. The molecule has 0 aromatic heterocycles.